The summed E-state index contributed by atoms with van der Waals surface area (Å²) in [4.78, 5) is 9.93. The van der Waals surface area contributed by atoms with Gasteiger partial charge in [-0.15, -0.1) is 0 Å². The Kier molecular flexibility index (Phi) is 36.3. The molecule has 1 amide bonds. The molecular weight excluding hydrogens is 329 g/mol. The van der Waals surface area contributed by atoms with Crippen LogP contribution in [0.2, 0.25) is 0 Å². The number of hydrogen-bond acceptors (Lipinski definition) is 1. The monoisotopic (exact) mass is 337 g/mol. The third-order valence-corrected chi connectivity index (χ3v) is 0.706. The fourth-order valence-corrected chi connectivity index (χ4v) is 0.357. The Balaban J connectivity index is -0.0000000733. The first kappa shape index (κ1) is 25.0. The first-order valence-electron chi connectivity index (χ1n) is 3.02. The van der Waals surface area contributed by atoms with Crippen molar-refractivity contribution in [2.45, 2.75) is 19.8 Å². The fraction of sp³-hybridized carbons (Fsp3) is 0.500. The van der Waals surface area contributed by atoms with Crippen LogP contribution in [-0.4, -0.2) is 5.91 Å². The molecule has 0 radical (unpaired) electrons. The molecule has 0 aliphatic heterocycles. The number of hydrogen-bond donors (Lipinski definition) is 0. The number of amides is 1. The van der Waals surface area contributed by atoms with Gasteiger partial charge in [0.25, 0.3) is 0 Å². The van der Waals surface area contributed by atoms with E-state index in [2.05, 4.69) is 0 Å². The van der Waals surface area contributed by atoms with E-state index in [0.29, 0.717) is 0 Å². The normalized spacial score (nSPS) is 9.00. The molecule has 78 valence electrons. The van der Waals surface area contributed by atoms with Gasteiger partial charge in [0, 0.05) is 6.42 Å². The number of carbonyl (C=O) groups excluding carboxylic acids is 1. The molecule has 0 atom stereocenters. The standard InChI is InChI=1S/C6H11NO.3ClH.2Li.Pd/c1-2-3-4-5-6(7)8;;;;;;/h3-4H,2,5H2,1H3,(H2,7,8);3*1H;;;/q;;;;2*+1;+2/p-4/b4-3-;;;;;;. The zero-order valence-corrected chi connectivity index (χ0v) is 12.2. The Labute approximate surface area is 127 Å². The average molecular weight is 339 g/mol. The van der Waals surface area contributed by atoms with Crippen LogP contribution in [0.25, 0.3) is 5.73 Å². The zero-order chi connectivity index (χ0) is 9.98. The van der Waals surface area contributed by atoms with Gasteiger partial charge in [-0.2, -0.15) is 0 Å². The van der Waals surface area contributed by atoms with Gasteiger partial charge in [0.1, 0.15) is 0 Å². The molecule has 0 aromatic rings. The fourth-order valence-electron chi connectivity index (χ4n) is 0.357. The number of carbonyl (C=O) groups is 1. The van der Waals surface area contributed by atoms with Crippen molar-refractivity contribution in [1.82, 2.24) is 0 Å². The summed E-state index contributed by atoms with van der Waals surface area (Å²) < 4.78 is 0. The molecule has 0 aliphatic rings. The van der Waals surface area contributed by atoms with Crippen molar-refractivity contribution in [3.05, 3.63) is 17.9 Å². The van der Waals surface area contributed by atoms with E-state index in [0.717, 1.165) is 6.42 Å². The molecule has 0 unspecified atom stereocenters. The van der Waals surface area contributed by atoms with Crippen molar-refractivity contribution >= 4 is 34.5 Å². The molecule has 0 aromatic heterocycles. The molecule has 0 saturated carbocycles. The van der Waals surface area contributed by atoms with E-state index in [1.807, 2.05) is 13.0 Å². The summed E-state index contributed by atoms with van der Waals surface area (Å²) in [7, 11) is 14.8. The zero-order valence-electron chi connectivity index (χ0n) is 8.43. The number of allylic oxidation sites excluding steroid dienone is 1. The van der Waals surface area contributed by atoms with Crippen LogP contribution in [0.15, 0.2) is 12.2 Å². The van der Waals surface area contributed by atoms with Gasteiger partial charge in [-0.05, 0) is 6.42 Å². The summed E-state index contributed by atoms with van der Waals surface area (Å²) in [6, 6.07) is 0. The quantitative estimate of drug-likeness (QED) is 0.433. The molecule has 0 aliphatic carbocycles. The van der Waals surface area contributed by atoms with Gasteiger partial charge in [-0.3, -0.25) is 0 Å². The van der Waals surface area contributed by atoms with Crippen LogP contribution in [-0.2, 0) is 18.5 Å². The molecule has 2 nitrogen and oxygen atoms in total. The average Bonchev–Trinajstić information content (AvgIpc) is 1.86. The molecule has 0 rings (SSSR count). The summed E-state index contributed by atoms with van der Waals surface area (Å²) in [6.07, 6.45) is 4.79. The van der Waals surface area contributed by atoms with Crippen LogP contribution >= 0.6 is 28.6 Å². The maximum absolute atomic E-state index is 9.93. The summed E-state index contributed by atoms with van der Waals surface area (Å²) in [5, 5.41) is 0. The summed E-state index contributed by atoms with van der Waals surface area (Å²) in [6.45, 7) is 1.99. The molecule has 0 fully saturated rings. The van der Waals surface area contributed by atoms with E-state index < -0.39 is 19.6 Å². The minimum atomic E-state index is -1.57. The van der Waals surface area contributed by atoms with Crippen molar-refractivity contribution in [3.63, 3.8) is 0 Å². The smallest absolute Gasteiger partial charge is 1.00 e. The second-order valence-corrected chi connectivity index (χ2v) is 8.72. The van der Waals surface area contributed by atoms with Crippen molar-refractivity contribution in [1.29, 1.82) is 0 Å². The van der Waals surface area contributed by atoms with E-state index in [9.17, 15) is 4.79 Å². The first-order valence-corrected chi connectivity index (χ1v) is 9.03. The van der Waals surface area contributed by atoms with Crippen molar-refractivity contribution < 1.29 is 56.2 Å². The van der Waals surface area contributed by atoms with Gasteiger partial charge in [0.05, 0.1) is 5.91 Å². The van der Waals surface area contributed by atoms with Crippen LogP contribution in [0.3, 0.4) is 0 Å². The molecule has 0 saturated heterocycles. The topological polar surface area (TPSA) is 40.9 Å². The second-order valence-electron chi connectivity index (χ2n) is 1.64. The van der Waals surface area contributed by atoms with Crippen molar-refractivity contribution in [2.75, 3.05) is 0 Å². The van der Waals surface area contributed by atoms with Gasteiger partial charge in [-0.25, -0.2) is 0 Å². The van der Waals surface area contributed by atoms with Crippen LogP contribution in [0.1, 0.15) is 19.8 Å². The van der Waals surface area contributed by atoms with E-state index in [1.165, 1.54) is 0 Å². The van der Waals surface area contributed by atoms with Crippen molar-refractivity contribution in [3.8, 4) is 0 Å². The summed E-state index contributed by atoms with van der Waals surface area (Å²) in [5.74, 6) is -0.519. The van der Waals surface area contributed by atoms with Crippen LogP contribution < -0.4 is 37.7 Å². The minimum absolute atomic E-state index is 0. The third kappa shape index (κ3) is 48.5. The Morgan fingerprint density at radius 3 is 1.86 bits per heavy atom. The summed E-state index contributed by atoms with van der Waals surface area (Å²) in [5.41, 5.74) is 6.47. The molecule has 1 N–H and O–H groups in total. The molecule has 8 heteroatoms. The SMILES string of the molecule is CC/C=C\CC([NH-])=O.[Cl][Pd-]([Cl])[Cl].[Li+].[Li+]. The first-order chi connectivity index (χ1) is 5.50. The molecule has 0 spiro atoms. The van der Waals surface area contributed by atoms with Gasteiger partial charge < -0.3 is 10.5 Å². The Morgan fingerprint density at radius 1 is 1.29 bits per heavy atom. The Morgan fingerprint density at radius 2 is 1.64 bits per heavy atom. The van der Waals surface area contributed by atoms with Crippen LogP contribution in [0.5, 0.6) is 0 Å². The van der Waals surface area contributed by atoms with Gasteiger partial charge in [0.15, 0.2) is 0 Å². The maximum Gasteiger partial charge on any atom is 1.00 e. The van der Waals surface area contributed by atoms with E-state index in [1.54, 1.807) is 6.08 Å². The van der Waals surface area contributed by atoms with E-state index in [-0.39, 0.29) is 44.1 Å². The second kappa shape index (κ2) is 20.4. The van der Waals surface area contributed by atoms with Crippen LogP contribution in [0, 0.1) is 0 Å². The Bertz CT molecular complexity index is 146. The maximum atomic E-state index is 9.93. The predicted octanol–water partition coefficient (Wildman–Crippen LogP) is -2.00. The van der Waals surface area contributed by atoms with Gasteiger partial charge >= 0.3 is 80.0 Å². The van der Waals surface area contributed by atoms with Gasteiger partial charge in [-0.1, -0.05) is 19.1 Å². The largest absolute Gasteiger partial charge is 1.00 e. The van der Waals surface area contributed by atoms with Crippen molar-refractivity contribution in [2.24, 2.45) is 0 Å². The molecule has 0 heterocycles. The van der Waals surface area contributed by atoms with Gasteiger partial charge in [0.2, 0.25) is 0 Å². The summed E-state index contributed by atoms with van der Waals surface area (Å²) >= 11 is -1.57. The Hall–Kier alpha value is 1.94. The number of rotatable bonds is 3. The molecule has 0 aromatic carbocycles. The van der Waals surface area contributed by atoms with Crippen LogP contribution in [0.4, 0.5) is 0 Å². The predicted molar refractivity (Wildman–Crippen MR) is 50.9 cm³/mol. The molecule has 0 bridgehead atoms. The van der Waals surface area contributed by atoms with E-state index >= 15 is 0 Å². The molecule has 14 heavy (non-hydrogen) atoms. The third-order valence-electron chi connectivity index (χ3n) is 0.706. The number of halogens is 3. The minimum Gasteiger partial charge on any atom is 1.00 e. The number of nitrogens with one attached hydrogen (secondary N) is 1. The van der Waals surface area contributed by atoms with E-state index in [4.69, 9.17) is 34.3 Å². The molecular formula is C6H10Cl3Li2NOPd.